The molecule has 0 aromatic heterocycles. The standard InChI is InChI=1S/C15H29NO/c1-3-11-16-14(15(2)9-10-15)8-4-6-13-7-5-12-17-13/h13-14,16H,3-12H2,1-2H3. The van der Waals surface area contributed by atoms with Crippen LogP contribution in [0, 0.1) is 5.41 Å². The van der Waals surface area contributed by atoms with Crippen molar-refractivity contribution < 1.29 is 4.74 Å². The van der Waals surface area contributed by atoms with Crippen molar-refractivity contribution in [2.75, 3.05) is 13.2 Å². The molecule has 1 heterocycles. The first-order valence-corrected chi connectivity index (χ1v) is 7.59. The molecule has 2 heteroatoms. The molecule has 0 aromatic carbocycles. The molecule has 2 unspecified atom stereocenters. The van der Waals surface area contributed by atoms with E-state index in [2.05, 4.69) is 19.2 Å². The minimum absolute atomic E-state index is 0.578. The van der Waals surface area contributed by atoms with Gasteiger partial charge in [-0.2, -0.15) is 0 Å². The van der Waals surface area contributed by atoms with Crippen LogP contribution in [0.2, 0.25) is 0 Å². The van der Waals surface area contributed by atoms with Gasteiger partial charge in [-0.1, -0.05) is 13.8 Å². The Morgan fingerprint density at radius 3 is 2.82 bits per heavy atom. The summed E-state index contributed by atoms with van der Waals surface area (Å²) in [5.41, 5.74) is 0.617. The predicted octanol–water partition coefficient (Wildman–Crippen LogP) is 3.50. The van der Waals surface area contributed by atoms with Gasteiger partial charge >= 0.3 is 0 Å². The normalized spacial score (nSPS) is 28.2. The molecule has 2 rings (SSSR count). The van der Waals surface area contributed by atoms with E-state index in [9.17, 15) is 0 Å². The summed E-state index contributed by atoms with van der Waals surface area (Å²) < 4.78 is 5.70. The molecular formula is C15H29NO. The van der Waals surface area contributed by atoms with Crippen LogP contribution in [0.25, 0.3) is 0 Å². The molecule has 100 valence electrons. The van der Waals surface area contributed by atoms with E-state index in [1.54, 1.807) is 0 Å². The maximum atomic E-state index is 5.70. The first-order chi connectivity index (χ1) is 8.24. The molecule has 2 fully saturated rings. The number of ether oxygens (including phenoxy) is 1. The van der Waals surface area contributed by atoms with E-state index in [4.69, 9.17) is 4.74 Å². The van der Waals surface area contributed by atoms with Gasteiger partial charge in [0.05, 0.1) is 6.10 Å². The Bertz CT molecular complexity index is 219. The van der Waals surface area contributed by atoms with Gasteiger partial charge in [-0.25, -0.2) is 0 Å². The van der Waals surface area contributed by atoms with Gasteiger partial charge in [0.15, 0.2) is 0 Å². The molecule has 17 heavy (non-hydrogen) atoms. The predicted molar refractivity (Wildman–Crippen MR) is 72.2 cm³/mol. The Kier molecular flexibility index (Phi) is 4.87. The summed E-state index contributed by atoms with van der Waals surface area (Å²) in [6, 6.07) is 0.754. The Morgan fingerprint density at radius 1 is 1.41 bits per heavy atom. The second-order valence-electron chi connectivity index (χ2n) is 6.23. The molecule has 1 saturated carbocycles. The molecule has 0 amide bonds. The minimum Gasteiger partial charge on any atom is -0.378 e. The smallest absolute Gasteiger partial charge is 0.0576 e. The third-order valence-electron chi connectivity index (χ3n) is 4.56. The summed E-state index contributed by atoms with van der Waals surface area (Å²) in [5.74, 6) is 0. The first-order valence-electron chi connectivity index (χ1n) is 7.59. The third kappa shape index (κ3) is 3.96. The molecule has 1 aliphatic heterocycles. The minimum atomic E-state index is 0.578. The lowest BCUT2D eigenvalue weighted by molar-refractivity contribution is 0.100. The van der Waals surface area contributed by atoms with E-state index in [-0.39, 0.29) is 0 Å². The molecule has 0 bridgehead atoms. The van der Waals surface area contributed by atoms with Gasteiger partial charge in [0.25, 0.3) is 0 Å². The number of rotatable bonds is 8. The second kappa shape index (κ2) is 6.19. The zero-order valence-corrected chi connectivity index (χ0v) is 11.6. The number of hydrogen-bond acceptors (Lipinski definition) is 2. The summed E-state index contributed by atoms with van der Waals surface area (Å²) >= 11 is 0. The average molecular weight is 239 g/mol. The van der Waals surface area contributed by atoms with Crippen LogP contribution in [0.3, 0.4) is 0 Å². The maximum Gasteiger partial charge on any atom is 0.0576 e. The summed E-state index contributed by atoms with van der Waals surface area (Å²) in [7, 11) is 0. The summed E-state index contributed by atoms with van der Waals surface area (Å²) in [6.45, 7) is 6.89. The second-order valence-corrected chi connectivity index (χ2v) is 6.23. The van der Waals surface area contributed by atoms with Crippen molar-refractivity contribution in [3.8, 4) is 0 Å². The first kappa shape index (κ1) is 13.4. The molecule has 1 saturated heterocycles. The van der Waals surface area contributed by atoms with Gasteiger partial charge in [-0.3, -0.25) is 0 Å². The molecule has 0 aromatic rings. The van der Waals surface area contributed by atoms with E-state index in [0.29, 0.717) is 11.5 Å². The number of hydrogen-bond donors (Lipinski definition) is 1. The van der Waals surface area contributed by atoms with E-state index in [1.807, 2.05) is 0 Å². The van der Waals surface area contributed by atoms with Crippen molar-refractivity contribution in [1.29, 1.82) is 0 Å². The maximum absolute atomic E-state index is 5.70. The fraction of sp³-hybridized carbons (Fsp3) is 1.00. The van der Waals surface area contributed by atoms with Crippen LogP contribution in [0.1, 0.15) is 65.2 Å². The molecule has 0 radical (unpaired) electrons. The Balaban J connectivity index is 1.65. The lowest BCUT2D eigenvalue weighted by atomic mass is 9.93. The van der Waals surface area contributed by atoms with Crippen molar-refractivity contribution in [2.45, 2.75) is 77.4 Å². The Hall–Kier alpha value is -0.0800. The lowest BCUT2D eigenvalue weighted by Crippen LogP contribution is -2.36. The average Bonchev–Trinajstić information content (AvgIpc) is 2.88. The molecule has 2 aliphatic rings. The van der Waals surface area contributed by atoms with E-state index in [1.165, 1.54) is 57.9 Å². The molecular weight excluding hydrogens is 210 g/mol. The van der Waals surface area contributed by atoms with Crippen molar-refractivity contribution in [1.82, 2.24) is 5.32 Å². The van der Waals surface area contributed by atoms with Gasteiger partial charge in [0, 0.05) is 12.6 Å². The quantitative estimate of drug-likeness (QED) is 0.700. The van der Waals surface area contributed by atoms with Crippen molar-refractivity contribution in [3.05, 3.63) is 0 Å². The topological polar surface area (TPSA) is 21.3 Å². The van der Waals surface area contributed by atoms with Crippen LogP contribution in [0.4, 0.5) is 0 Å². The zero-order valence-electron chi connectivity index (χ0n) is 11.6. The van der Waals surface area contributed by atoms with Crippen molar-refractivity contribution in [2.24, 2.45) is 5.41 Å². The van der Waals surface area contributed by atoms with E-state index in [0.717, 1.165) is 12.6 Å². The van der Waals surface area contributed by atoms with E-state index < -0.39 is 0 Å². The van der Waals surface area contributed by atoms with Gasteiger partial charge in [0.1, 0.15) is 0 Å². The van der Waals surface area contributed by atoms with Crippen LogP contribution >= 0.6 is 0 Å². The molecule has 2 nitrogen and oxygen atoms in total. The van der Waals surface area contributed by atoms with Gasteiger partial charge < -0.3 is 10.1 Å². The highest BCUT2D eigenvalue weighted by Gasteiger charge is 2.43. The lowest BCUT2D eigenvalue weighted by Gasteiger charge is -2.25. The summed E-state index contributed by atoms with van der Waals surface area (Å²) in [4.78, 5) is 0. The largest absolute Gasteiger partial charge is 0.378 e. The highest BCUT2D eigenvalue weighted by molar-refractivity contribution is 4.98. The van der Waals surface area contributed by atoms with Crippen LogP contribution < -0.4 is 5.32 Å². The van der Waals surface area contributed by atoms with Gasteiger partial charge in [0.2, 0.25) is 0 Å². The van der Waals surface area contributed by atoms with Crippen LogP contribution in [-0.4, -0.2) is 25.3 Å². The van der Waals surface area contributed by atoms with Crippen LogP contribution in [0.15, 0.2) is 0 Å². The van der Waals surface area contributed by atoms with Crippen LogP contribution in [0.5, 0.6) is 0 Å². The summed E-state index contributed by atoms with van der Waals surface area (Å²) in [6.07, 6.45) is 11.2. The Labute approximate surface area is 107 Å². The summed E-state index contributed by atoms with van der Waals surface area (Å²) in [5, 5.41) is 3.76. The highest BCUT2D eigenvalue weighted by Crippen LogP contribution is 2.49. The SMILES string of the molecule is CCCNC(CCCC1CCCO1)C1(C)CC1. The monoisotopic (exact) mass is 239 g/mol. The highest BCUT2D eigenvalue weighted by atomic mass is 16.5. The fourth-order valence-electron chi connectivity index (χ4n) is 2.98. The van der Waals surface area contributed by atoms with Gasteiger partial charge in [-0.15, -0.1) is 0 Å². The third-order valence-corrected chi connectivity index (χ3v) is 4.56. The molecule has 2 atom stereocenters. The van der Waals surface area contributed by atoms with Gasteiger partial charge in [-0.05, 0) is 63.3 Å². The molecule has 0 spiro atoms. The fourth-order valence-corrected chi connectivity index (χ4v) is 2.98. The zero-order chi connectivity index (χ0) is 12.1. The van der Waals surface area contributed by atoms with Crippen molar-refractivity contribution >= 4 is 0 Å². The molecule has 1 aliphatic carbocycles. The Morgan fingerprint density at radius 2 is 2.24 bits per heavy atom. The van der Waals surface area contributed by atoms with Crippen molar-refractivity contribution in [3.63, 3.8) is 0 Å². The van der Waals surface area contributed by atoms with Crippen LogP contribution in [-0.2, 0) is 4.74 Å². The molecule has 1 N–H and O–H groups in total. The van der Waals surface area contributed by atoms with E-state index >= 15 is 0 Å². The number of nitrogens with one attached hydrogen (secondary N) is 1.